The number of rotatable bonds is 0. The molecule has 0 atom stereocenters. The van der Waals surface area contributed by atoms with Crippen molar-refractivity contribution in [2.24, 2.45) is 4.99 Å². The zero-order valence-electron chi connectivity index (χ0n) is 14.1. The van der Waals surface area contributed by atoms with Crippen LogP contribution in [0.3, 0.4) is 0 Å². The summed E-state index contributed by atoms with van der Waals surface area (Å²) in [4.78, 5) is 9.94. The first-order valence-electron chi connectivity index (χ1n) is 8.63. The lowest BCUT2D eigenvalue weighted by molar-refractivity contribution is 0.216. The SMILES string of the molecule is CN1CCN(C2=Nc3cc(Br)ccc3-n3ccc4cccc2c43)CC1. The van der Waals surface area contributed by atoms with Gasteiger partial charge in [-0.1, -0.05) is 28.1 Å². The number of aromatic nitrogens is 1. The summed E-state index contributed by atoms with van der Waals surface area (Å²) in [5, 5.41) is 1.26. The number of benzene rings is 2. The number of halogens is 1. The molecule has 2 aromatic carbocycles. The van der Waals surface area contributed by atoms with Gasteiger partial charge in [0, 0.05) is 47.8 Å². The van der Waals surface area contributed by atoms with Crippen molar-refractivity contribution >= 4 is 38.4 Å². The standard InChI is InChI=1S/C20H19BrN4/c1-23-9-11-24(12-10-23)20-16-4-2-3-14-7-8-25(19(14)16)18-6-5-15(21)13-17(18)22-20/h2-8,13H,9-12H2,1H3. The van der Waals surface area contributed by atoms with E-state index in [1.54, 1.807) is 0 Å². The van der Waals surface area contributed by atoms with Crippen LogP contribution in [0, 0.1) is 0 Å². The van der Waals surface area contributed by atoms with E-state index >= 15 is 0 Å². The maximum absolute atomic E-state index is 5.13. The zero-order chi connectivity index (χ0) is 17.0. The summed E-state index contributed by atoms with van der Waals surface area (Å²) in [6.45, 7) is 4.16. The number of hydrogen-bond donors (Lipinski definition) is 0. The molecule has 2 aliphatic rings. The van der Waals surface area contributed by atoms with Crippen LogP contribution in [0.5, 0.6) is 0 Å². The molecule has 0 aliphatic carbocycles. The van der Waals surface area contributed by atoms with Gasteiger partial charge in [0.25, 0.3) is 0 Å². The Morgan fingerprint density at radius 3 is 2.68 bits per heavy atom. The number of nitrogens with zero attached hydrogens (tertiary/aromatic N) is 4. The smallest absolute Gasteiger partial charge is 0.138 e. The van der Waals surface area contributed by atoms with Gasteiger partial charge in [0.2, 0.25) is 0 Å². The fourth-order valence-corrected chi connectivity index (χ4v) is 4.15. The van der Waals surface area contributed by atoms with Gasteiger partial charge >= 0.3 is 0 Å². The highest BCUT2D eigenvalue weighted by atomic mass is 79.9. The number of likely N-dealkylation sites (N-methyl/N-ethyl adjacent to an activating group) is 1. The van der Waals surface area contributed by atoms with Gasteiger partial charge in [-0.25, -0.2) is 4.99 Å². The van der Waals surface area contributed by atoms with E-state index in [-0.39, 0.29) is 0 Å². The molecule has 3 heterocycles. The summed E-state index contributed by atoms with van der Waals surface area (Å²) < 4.78 is 3.33. The van der Waals surface area contributed by atoms with Gasteiger partial charge in [0.1, 0.15) is 5.84 Å². The van der Waals surface area contributed by atoms with Crippen molar-refractivity contribution in [3.05, 3.63) is 58.7 Å². The first kappa shape index (κ1) is 15.2. The average Bonchev–Trinajstić information content (AvgIpc) is 2.99. The van der Waals surface area contributed by atoms with Gasteiger partial charge in [0.05, 0.1) is 16.9 Å². The minimum atomic E-state index is 1.01. The third kappa shape index (κ3) is 2.41. The molecule has 0 bridgehead atoms. The Labute approximate surface area is 155 Å². The second-order valence-electron chi connectivity index (χ2n) is 6.79. The van der Waals surface area contributed by atoms with E-state index < -0.39 is 0 Å². The van der Waals surface area contributed by atoms with Crippen molar-refractivity contribution in [2.45, 2.75) is 0 Å². The fraction of sp³-hybridized carbons (Fsp3) is 0.250. The highest BCUT2D eigenvalue weighted by Gasteiger charge is 2.25. The van der Waals surface area contributed by atoms with Gasteiger partial charge in [-0.3, -0.25) is 0 Å². The van der Waals surface area contributed by atoms with Crippen molar-refractivity contribution in [3.63, 3.8) is 0 Å². The number of amidine groups is 1. The molecule has 4 nitrogen and oxygen atoms in total. The summed E-state index contributed by atoms with van der Waals surface area (Å²) in [7, 11) is 2.19. The molecule has 0 N–H and O–H groups in total. The van der Waals surface area contributed by atoms with Gasteiger partial charge in [-0.15, -0.1) is 0 Å². The number of aliphatic imine (C=N–C) groups is 1. The topological polar surface area (TPSA) is 23.8 Å². The number of piperazine rings is 1. The Balaban J connectivity index is 1.78. The third-order valence-electron chi connectivity index (χ3n) is 5.18. The Kier molecular flexibility index (Phi) is 3.47. The zero-order valence-corrected chi connectivity index (χ0v) is 15.7. The molecule has 3 aromatic rings. The van der Waals surface area contributed by atoms with Crippen LogP contribution in [0.2, 0.25) is 0 Å². The molecule has 25 heavy (non-hydrogen) atoms. The molecule has 5 heteroatoms. The van der Waals surface area contributed by atoms with Crippen LogP contribution >= 0.6 is 15.9 Å². The summed E-state index contributed by atoms with van der Waals surface area (Å²) in [5.41, 5.74) is 4.62. The van der Waals surface area contributed by atoms with Gasteiger partial charge < -0.3 is 14.4 Å². The summed E-state index contributed by atoms with van der Waals surface area (Å²) in [6, 6.07) is 15.1. The number of hydrogen-bond acceptors (Lipinski definition) is 3. The van der Waals surface area contributed by atoms with Crippen molar-refractivity contribution in [2.75, 3.05) is 33.2 Å². The second kappa shape index (κ2) is 5.71. The molecule has 0 amide bonds. The maximum atomic E-state index is 5.13. The second-order valence-corrected chi connectivity index (χ2v) is 7.70. The molecule has 126 valence electrons. The Morgan fingerprint density at radius 2 is 1.84 bits per heavy atom. The van der Waals surface area contributed by atoms with E-state index in [0.29, 0.717) is 0 Å². The van der Waals surface area contributed by atoms with Crippen molar-refractivity contribution in [3.8, 4) is 5.69 Å². The van der Waals surface area contributed by atoms with Crippen LogP contribution in [0.15, 0.2) is 58.1 Å². The normalized spacial score (nSPS) is 17.4. The minimum Gasteiger partial charge on any atom is -0.353 e. The van der Waals surface area contributed by atoms with E-state index in [2.05, 4.69) is 86.0 Å². The monoisotopic (exact) mass is 394 g/mol. The van der Waals surface area contributed by atoms with Crippen LogP contribution in [0.4, 0.5) is 5.69 Å². The number of para-hydroxylation sites is 1. The third-order valence-corrected chi connectivity index (χ3v) is 5.67. The molecule has 0 radical (unpaired) electrons. The maximum Gasteiger partial charge on any atom is 0.138 e. The lowest BCUT2D eigenvalue weighted by Crippen LogP contribution is -2.47. The van der Waals surface area contributed by atoms with E-state index in [1.807, 2.05) is 0 Å². The highest BCUT2D eigenvalue weighted by Crippen LogP contribution is 2.36. The van der Waals surface area contributed by atoms with E-state index in [1.165, 1.54) is 16.5 Å². The van der Waals surface area contributed by atoms with Crippen LogP contribution < -0.4 is 0 Å². The van der Waals surface area contributed by atoms with Crippen LogP contribution in [-0.2, 0) is 0 Å². The lowest BCUT2D eigenvalue weighted by Gasteiger charge is -2.34. The predicted octanol–water partition coefficient (Wildman–Crippen LogP) is 4.03. The van der Waals surface area contributed by atoms with Gasteiger partial charge in [0.15, 0.2) is 0 Å². The Bertz CT molecular complexity index is 996. The molecule has 0 unspecified atom stereocenters. The molecule has 5 rings (SSSR count). The summed E-state index contributed by atoms with van der Waals surface area (Å²) >= 11 is 3.60. The Hall–Kier alpha value is -2.11. The predicted molar refractivity (Wildman–Crippen MR) is 106 cm³/mol. The molecule has 0 saturated carbocycles. The molecule has 0 spiro atoms. The lowest BCUT2D eigenvalue weighted by atomic mass is 10.1. The molecule has 1 aromatic heterocycles. The first-order valence-corrected chi connectivity index (χ1v) is 9.42. The van der Waals surface area contributed by atoms with Crippen molar-refractivity contribution in [1.82, 2.24) is 14.4 Å². The van der Waals surface area contributed by atoms with Gasteiger partial charge in [-0.2, -0.15) is 0 Å². The summed E-state index contributed by atoms with van der Waals surface area (Å²) in [6.07, 6.45) is 2.16. The van der Waals surface area contributed by atoms with Gasteiger partial charge in [-0.05, 0) is 37.4 Å². The highest BCUT2D eigenvalue weighted by molar-refractivity contribution is 9.10. The Morgan fingerprint density at radius 1 is 1.00 bits per heavy atom. The first-order chi connectivity index (χ1) is 12.2. The van der Waals surface area contributed by atoms with Crippen LogP contribution in [-0.4, -0.2) is 53.4 Å². The van der Waals surface area contributed by atoms with E-state index in [4.69, 9.17) is 4.99 Å². The molecule has 1 saturated heterocycles. The fourth-order valence-electron chi connectivity index (χ4n) is 3.80. The average molecular weight is 395 g/mol. The number of fused-ring (bicyclic) bond motifs is 2. The van der Waals surface area contributed by atoms with Crippen LogP contribution in [0.1, 0.15) is 5.56 Å². The minimum absolute atomic E-state index is 1.01. The molecule has 1 fully saturated rings. The molecular formula is C20H19BrN4. The molecular weight excluding hydrogens is 376 g/mol. The largest absolute Gasteiger partial charge is 0.353 e. The molecule has 2 aliphatic heterocycles. The van der Waals surface area contributed by atoms with Crippen LogP contribution in [0.25, 0.3) is 16.6 Å². The van der Waals surface area contributed by atoms with E-state index in [0.717, 1.165) is 47.9 Å². The van der Waals surface area contributed by atoms with Crippen molar-refractivity contribution < 1.29 is 0 Å². The van der Waals surface area contributed by atoms with E-state index in [9.17, 15) is 0 Å². The van der Waals surface area contributed by atoms with Crippen molar-refractivity contribution in [1.29, 1.82) is 0 Å². The quantitative estimate of drug-likeness (QED) is 0.574. The summed E-state index contributed by atoms with van der Waals surface area (Å²) in [5.74, 6) is 1.09.